The van der Waals surface area contributed by atoms with Crippen molar-refractivity contribution in [2.75, 3.05) is 6.61 Å². The summed E-state index contributed by atoms with van der Waals surface area (Å²) in [7, 11) is 0. The molecule has 0 spiro atoms. The first kappa shape index (κ1) is 27.5. The van der Waals surface area contributed by atoms with Gasteiger partial charge in [-0.05, 0) is 44.5 Å². The number of hydrogen-bond acceptors (Lipinski definition) is 8. The van der Waals surface area contributed by atoms with Crippen LogP contribution in [0.25, 0.3) is 10.9 Å². The molecule has 3 aromatic rings. The zero-order valence-corrected chi connectivity index (χ0v) is 23.2. The first-order valence-corrected chi connectivity index (χ1v) is 12.7. The van der Waals surface area contributed by atoms with Gasteiger partial charge < -0.3 is 9.47 Å². The molecule has 0 N–H and O–H groups in total. The van der Waals surface area contributed by atoms with Crippen LogP contribution in [0.2, 0.25) is 0 Å². The van der Waals surface area contributed by atoms with E-state index in [1.165, 1.54) is 17.0 Å². The molecule has 0 bridgehead atoms. The normalized spacial score (nSPS) is 12.3. The molecule has 1 atom stereocenters. The number of fused-ring (bicyclic) bond motifs is 1. The maximum atomic E-state index is 13.4. The van der Waals surface area contributed by atoms with Gasteiger partial charge in [0.2, 0.25) is 5.75 Å². The van der Waals surface area contributed by atoms with Gasteiger partial charge in [-0.1, -0.05) is 45.7 Å². The van der Waals surface area contributed by atoms with Gasteiger partial charge in [-0.3, -0.25) is 14.9 Å². The van der Waals surface area contributed by atoms with Crippen molar-refractivity contribution >= 4 is 60.6 Å². The third-order valence-corrected chi connectivity index (χ3v) is 6.11. The predicted molar refractivity (Wildman–Crippen MR) is 143 cm³/mol. The van der Waals surface area contributed by atoms with E-state index in [1.807, 2.05) is 13.8 Å². The third-order valence-electron chi connectivity index (χ3n) is 5.16. The number of nitrogens with zero attached hydrogens (tertiary/aromatic N) is 4. The van der Waals surface area contributed by atoms with Crippen molar-refractivity contribution in [3.8, 4) is 5.75 Å². The monoisotopic (exact) mass is 622 g/mol. The Morgan fingerprint density at radius 2 is 1.94 bits per heavy atom. The Kier molecular flexibility index (Phi) is 8.96. The van der Waals surface area contributed by atoms with Gasteiger partial charge >= 0.3 is 11.7 Å². The van der Waals surface area contributed by atoms with Crippen molar-refractivity contribution in [1.29, 1.82) is 0 Å². The summed E-state index contributed by atoms with van der Waals surface area (Å²) < 4.78 is 12.9. The van der Waals surface area contributed by atoms with Gasteiger partial charge in [0.1, 0.15) is 5.82 Å². The molecule has 0 aliphatic heterocycles. The van der Waals surface area contributed by atoms with Crippen LogP contribution in [0.4, 0.5) is 5.69 Å². The molecule has 190 valence electrons. The molecular weight excluding hydrogens is 600 g/mol. The minimum Gasteiger partial charge on any atom is -0.474 e. The number of rotatable bonds is 9. The lowest BCUT2D eigenvalue weighted by Crippen LogP contribution is -2.24. The highest BCUT2D eigenvalue weighted by Crippen LogP contribution is 2.34. The highest BCUT2D eigenvalue weighted by atomic mass is 79.9. The van der Waals surface area contributed by atoms with E-state index >= 15 is 0 Å². The summed E-state index contributed by atoms with van der Waals surface area (Å²) in [5.41, 5.74) is -0.0425. The van der Waals surface area contributed by atoms with E-state index in [0.717, 1.165) is 0 Å². The summed E-state index contributed by atoms with van der Waals surface area (Å²) in [6.07, 6.45) is 1.62. The fourth-order valence-corrected chi connectivity index (χ4v) is 4.14. The van der Waals surface area contributed by atoms with Gasteiger partial charge in [-0.2, -0.15) is 9.78 Å². The first-order chi connectivity index (χ1) is 17.0. The molecule has 36 heavy (non-hydrogen) atoms. The number of aromatic nitrogens is 2. The summed E-state index contributed by atoms with van der Waals surface area (Å²) in [5.74, 6) is -0.505. The molecular formula is C24H24Br2N4O6. The maximum Gasteiger partial charge on any atom is 0.344 e. The van der Waals surface area contributed by atoms with Crippen molar-refractivity contribution in [2.45, 2.75) is 46.1 Å². The zero-order valence-electron chi connectivity index (χ0n) is 20.0. The lowest BCUT2D eigenvalue weighted by Gasteiger charge is -2.14. The molecule has 0 unspecified atom stereocenters. The Morgan fingerprint density at radius 1 is 1.22 bits per heavy atom. The lowest BCUT2D eigenvalue weighted by molar-refractivity contribution is -0.385. The summed E-state index contributed by atoms with van der Waals surface area (Å²) in [6.45, 7) is 6.72. The average molecular weight is 624 g/mol. The van der Waals surface area contributed by atoms with Crippen LogP contribution in [0.1, 0.15) is 51.4 Å². The smallest absolute Gasteiger partial charge is 0.344 e. The Hall–Kier alpha value is -3.12. The molecule has 0 fully saturated rings. The van der Waals surface area contributed by atoms with E-state index in [9.17, 15) is 19.7 Å². The summed E-state index contributed by atoms with van der Waals surface area (Å²) in [5, 5.41) is 16.4. The molecule has 0 saturated heterocycles. The molecule has 10 nitrogen and oxygen atoms in total. The van der Waals surface area contributed by atoms with Gasteiger partial charge in [0.05, 0.1) is 28.1 Å². The molecule has 0 aliphatic rings. The van der Waals surface area contributed by atoms with Crippen LogP contribution in [0.3, 0.4) is 0 Å². The average Bonchev–Trinajstić information content (AvgIpc) is 2.81. The van der Waals surface area contributed by atoms with Gasteiger partial charge in [0.25, 0.3) is 5.56 Å². The molecule has 0 saturated carbocycles. The number of hydrogen-bond donors (Lipinski definition) is 0. The van der Waals surface area contributed by atoms with Crippen LogP contribution in [-0.4, -0.2) is 39.5 Å². The maximum absolute atomic E-state index is 13.4. The number of nitro benzene ring substituents is 1. The Labute approximate surface area is 223 Å². The van der Waals surface area contributed by atoms with Crippen molar-refractivity contribution < 1.29 is 19.2 Å². The number of esters is 1. The van der Waals surface area contributed by atoms with E-state index in [2.05, 4.69) is 41.9 Å². The van der Waals surface area contributed by atoms with Crippen LogP contribution >= 0.6 is 31.9 Å². The van der Waals surface area contributed by atoms with Crippen LogP contribution in [0, 0.1) is 10.1 Å². The number of benzene rings is 2. The van der Waals surface area contributed by atoms with Crippen molar-refractivity contribution in [3.05, 3.63) is 71.1 Å². The minimum atomic E-state index is -0.676. The van der Waals surface area contributed by atoms with Gasteiger partial charge in [-0.15, -0.1) is 0 Å². The molecule has 2 aromatic carbocycles. The topological polar surface area (TPSA) is 126 Å². The standard InChI is InChI=1S/C24H24Br2N4O6/c1-5-14(4)23-28-19-7-6-16(25)9-18(19)24(32)29(23)27-11-15-8-17(26)10-20(30(33)34)22(15)35-12-21(31)36-13(2)3/h6-11,13-14H,5,12H2,1-4H3/t14-/m1/s1. The summed E-state index contributed by atoms with van der Waals surface area (Å²) in [6, 6.07) is 8.01. The Morgan fingerprint density at radius 3 is 2.58 bits per heavy atom. The number of halogens is 2. The largest absolute Gasteiger partial charge is 0.474 e. The molecule has 1 aromatic heterocycles. The molecule has 1 heterocycles. The Bertz CT molecular complexity index is 1400. The zero-order chi connectivity index (χ0) is 26.6. The number of carbonyl (C=O) groups excluding carboxylic acids is 1. The van der Waals surface area contributed by atoms with Crippen molar-refractivity contribution in [2.24, 2.45) is 5.10 Å². The molecule has 0 radical (unpaired) electrons. The van der Waals surface area contributed by atoms with E-state index in [0.29, 0.717) is 32.1 Å². The van der Waals surface area contributed by atoms with E-state index in [4.69, 9.17) is 9.47 Å². The van der Waals surface area contributed by atoms with E-state index < -0.39 is 17.5 Å². The third kappa shape index (κ3) is 6.35. The highest BCUT2D eigenvalue weighted by molar-refractivity contribution is 9.10. The summed E-state index contributed by atoms with van der Waals surface area (Å²) >= 11 is 6.63. The van der Waals surface area contributed by atoms with Gasteiger partial charge in [-0.25, -0.2) is 9.78 Å². The predicted octanol–water partition coefficient (Wildman–Crippen LogP) is 5.56. The van der Waals surface area contributed by atoms with Crippen LogP contribution < -0.4 is 10.3 Å². The second kappa shape index (κ2) is 11.7. The minimum absolute atomic E-state index is 0.0960. The van der Waals surface area contributed by atoms with Crippen LogP contribution in [-0.2, 0) is 9.53 Å². The molecule has 12 heteroatoms. The molecule has 3 rings (SSSR count). The SMILES string of the molecule is CC[C@@H](C)c1nc2ccc(Br)cc2c(=O)n1N=Cc1cc(Br)cc([N+](=O)[O-])c1OCC(=O)OC(C)C. The van der Waals surface area contributed by atoms with Crippen LogP contribution in [0.15, 0.2) is 49.2 Å². The second-order valence-corrected chi connectivity index (χ2v) is 10.1. The van der Waals surface area contributed by atoms with E-state index in [1.54, 1.807) is 38.1 Å². The molecule has 0 aliphatic carbocycles. The van der Waals surface area contributed by atoms with Crippen molar-refractivity contribution in [3.63, 3.8) is 0 Å². The fraction of sp³-hybridized carbons (Fsp3) is 0.333. The second-order valence-electron chi connectivity index (χ2n) is 8.23. The van der Waals surface area contributed by atoms with Gasteiger partial charge in [0.15, 0.2) is 6.61 Å². The lowest BCUT2D eigenvalue weighted by atomic mass is 10.1. The fourth-order valence-electron chi connectivity index (χ4n) is 3.32. The summed E-state index contributed by atoms with van der Waals surface area (Å²) in [4.78, 5) is 41.1. The number of nitro groups is 1. The van der Waals surface area contributed by atoms with Crippen LogP contribution in [0.5, 0.6) is 5.75 Å². The molecule has 0 amide bonds. The first-order valence-electron chi connectivity index (χ1n) is 11.1. The quantitative estimate of drug-likeness (QED) is 0.132. The van der Waals surface area contributed by atoms with Crippen molar-refractivity contribution in [1.82, 2.24) is 9.66 Å². The van der Waals surface area contributed by atoms with E-state index in [-0.39, 0.29) is 34.6 Å². The highest BCUT2D eigenvalue weighted by Gasteiger charge is 2.22. The van der Waals surface area contributed by atoms with Gasteiger partial charge in [0, 0.05) is 26.5 Å². The number of carbonyl (C=O) groups is 1. The Balaban J connectivity index is 2.15. The number of ether oxygens (including phenoxy) is 2.